The number of aromatic carboxylic acids is 1. The number of carboxylic acids is 1. The van der Waals surface area contributed by atoms with E-state index in [9.17, 15) is 14.0 Å². The minimum Gasteiger partial charge on any atom is -0.490 e. The fourth-order valence-electron chi connectivity index (χ4n) is 3.13. The van der Waals surface area contributed by atoms with Crippen molar-refractivity contribution in [3.8, 4) is 5.75 Å². The molecule has 31 heavy (non-hydrogen) atoms. The van der Waals surface area contributed by atoms with E-state index in [1.54, 1.807) is 18.2 Å². The first kappa shape index (κ1) is 24.1. The summed E-state index contributed by atoms with van der Waals surface area (Å²) in [5.74, 6) is -1.45. The zero-order valence-corrected chi connectivity index (χ0v) is 18.4. The quantitative estimate of drug-likeness (QED) is 0.573. The van der Waals surface area contributed by atoms with Crippen molar-refractivity contribution < 1.29 is 19.0 Å². The molecule has 1 fully saturated rings. The van der Waals surface area contributed by atoms with E-state index < -0.39 is 17.3 Å². The van der Waals surface area contributed by atoms with Crippen LogP contribution in [0.1, 0.15) is 68.6 Å². The Labute approximate surface area is 181 Å². The van der Waals surface area contributed by atoms with E-state index >= 15 is 0 Å². The molecule has 1 aromatic heterocycles. The molecule has 166 valence electrons. The Morgan fingerprint density at radius 2 is 1.84 bits per heavy atom. The summed E-state index contributed by atoms with van der Waals surface area (Å²) in [4.78, 5) is 23.2. The van der Waals surface area contributed by atoms with E-state index in [0.717, 1.165) is 25.3 Å². The summed E-state index contributed by atoms with van der Waals surface area (Å²) in [6, 6.07) is 9.16. The van der Waals surface area contributed by atoms with Crippen LogP contribution in [0.15, 0.2) is 41.2 Å². The summed E-state index contributed by atoms with van der Waals surface area (Å²) in [5.41, 5.74) is 0.441. The Kier molecular flexibility index (Phi) is 8.73. The third-order valence-corrected chi connectivity index (χ3v) is 4.83. The molecule has 0 aliphatic heterocycles. The third kappa shape index (κ3) is 5.69. The normalized spacial score (nSPS) is 12.7. The first-order valence-corrected chi connectivity index (χ1v) is 10.7. The van der Waals surface area contributed by atoms with Crippen LogP contribution < -0.4 is 10.3 Å². The maximum atomic E-state index is 13.6. The number of rotatable bonds is 5. The molecule has 0 bridgehead atoms. The summed E-state index contributed by atoms with van der Waals surface area (Å²) in [6.07, 6.45) is 3.65. The number of carbonyl (C=O) groups is 1. The highest BCUT2D eigenvalue weighted by Gasteiger charge is 2.20. The number of nitrogens with one attached hydrogen (secondary N) is 1. The molecule has 0 radical (unpaired) electrons. The number of H-pyrrole nitrogens is 1. The molecule has 0 amide bonds. The van der Waals surface area contributed by atoms with E-state index in [1.165, 1.54) is 12.1 Å². The van der Waals surface area contributed by atoms with Crippen LogP contribution in [0.4, 0.5) is 4.39 Å². The number of hydrogen-bond donors (Lipinski definition) is 2. The number of carboxylic acid groups (broad SMARTS) is 1. The Balaban J connectivity index is 0.000000807. The van der Waals surface area contributed by atoms with Crippen molar-refractivity contribution in [3.05, 3.63) is 69.4 Å². The molecule has 2 aromatic carbocycles. The molecule has 0 unspecified atom stereocenters. The van der Waals surface area contributed by atoms with Crippen molar-refractivity contribution in [2.75, 3.05) is 0 Å². The summed E-state index contributed by atoms with van der Waals surface area (Å²) in [7, 11) is 0. The van der Waals surface area contributed by atoms with Gasteiger partial charge in [-0.15, -0.1) is 0 Å². The van der Waals surface area contributed by atoms with Crippen LogP contribution in [0.2, 0.25) is 0 Å². The number of aromatic nitrogens is 2. The molecule has 1 aliphatic carbocycles. The second-order valence-electron chi connectivity index (χ2n) is 6.67. The van der Waals surface area contributed by atoms with Gasteiger partial charge < -0.3 is 9.84 Å². The molecular weight excluding hydrogens is 399 g/mol. The Bertz CT molecular complexity index is 1090. The smallest absolute Gasteiger partial charge is 0.338 e. The van der Waals surface area contributed by atoms with E-state index in [4.69, 9.17) is 9.84 Å². The van der Waals surface area contributed by atoms with Gasteiger partial charge in [-0.05, 0) is 55.2 Å². The van der Waals surface area contributed by atoms with Crippen LogP contribution in [0, 0.1) is 5.82 Å². The maximum Gasteiger partial charge on any atom is 0.338 e. The highest BCUT2D eigenvalue weighted by molar-refractivity contribution is 5.88. The van der Waals surface area contributed by atoms with Gasteiger partial charge in [-0.1, -0.05) is 33.8 Å². The van der Waals surface area contributed by atoms with Crippen LogP contribution in [-0.4, -0.2) is 27.4 Å². The Hall–Kier alpha value is -3.22. The molecule has 0 atom stereocenters. The molecule has 2 N–H and O–H groups in total. The van der Waals surface area contributed by atoms with Gasteiger partial charge in [-0.2, -0.15) is 5.10 Å². The minimum absolute atomic E-state index is 0.205. The van der Waals surface area contributed by atoms with Crippen molar-refractivity contribution in [1.82, 2.24) is 10.2 Å². The number of benzene rings is 2. The van der Waals surface area contributed by atoms with Gasteiger partial charge in [0, 0.05) is 11.8 Å². The second kappa shape index (κ2) is 11.2. The SMILES string of the molecule is CC.CC.O=C(O)c1cc(Cc2n[nH]c(=O)c3ccc(OC4CCC4)cc23)ccc1F. The Morgan fingerprint density at radius 1 is 1.13 bits per heavy atom. The molecular formula is C24H29FN2O4. The molecule has 0 spiro atoms. The zero-order valence-electron chi connectivity index (χ0n) is 18.4. The molecule has 0 saturated heterocycles. The van der Waals surface area contributed by atoms with Crippen LogP contribution >= 0.6 is 0 Å². The van der Waals surface area contributed by atoms with E-state index in [0.29, 0.717) is 27.8 Å². The standard InChI is InChI=1S/C20H17FN2O4.2C2H6/c21-17-7-4-11(8-16(17)20(25)26)9-18-15-10-13(27-12-2-1-3-12)5-6-14(15)19(24)23-22-18;2*1-2/h4-8,10,12H,1-3,9H2,(H,23,24)(H,25,26);2*1-2H3. The van der Waals surface area contributed by atoms with Crippen molar-refractivity contribution >= 4 is 16.7 Å². The van der Waals surface area contributed by atoms with Gasteiger partial charge >= 0.3 is 5.97 Å². The number of nitrogens with zero attached hydrogens (tertiary/aromatic N) is 1. The third-order valence-electron chi connectivity index (χ3n) is 4.83. The van der Waals surface area contributed by atoms with Gasteiger partial charge in [0.15, 0.2) is 0 Å². The van der Waals surface area contributed by atoms with E-state index in [1.807, 2.05) is 27.7 Å². The lowest BCUT2D eigenvalue weighted by molar-refractivity contribution is 0.0691. The average Bonchev–Trinajstić information content (AvgIpc) is 2.76. The summed E-state index contributed by atoms with van der Waals surface area (Å²) in [5, 5.41) is 16.8. The number of ether oxygens (including phenoxy) is 1. The highest BCUT2D eigenvalue weighted by Crippen LogP contribution is 2.28. The van der Waals surface area contributed by atoms with Crippen LogP contribution in [0.5, 0.6) is 5.75 Å². The van der Waals surface area contributed by atoms with Crippen molar-refractivity contribution in [1.29, 1.82) is 0 Å². The maximum absolute atomic E-state index is 13.6. The van der Waals surface area contributed by atoms with Crippen LogP contribution in [-0.2, 0) is 6.42 Å². The molecule has 3 aromatic rings. The molecule has 7 heteroatoms. The largest absolute Gasteiger partial charge is 0.490 e. The van der Waals surface area contributed by atoms with Gasteiger partial charge in [-0.25, -0.2) is 14.3 Å². The van der Waals surface area contributed by atoms with Crippen molar-refractivity contribution in [2.24, 2.45) is 0 Å². The molecule has 4 rings (SSSR count). The predicted molar refractivity (Wildman–Crippen MR) is 119 cm³/mol. The first-order chi connectivity index (χ1) is 15.0. The lowest BCUT2D eigenvalue weighted by atomic mass is 9.96. The molecule has 1 saturated carbocycles. The van der Waals surface area contributed by atoms with Gasteiger partial charge in [-0.3, -0.25) is 4.79 Å². The fourth-order valence-corrected chi connectivity index (χ4v) is 3.13. The minimum atomic E-state index is -1.33. The van der Waals surface area contributed by atoms with Crippen LogP contribution in [0.25, 0.3) is 10.8 Å². The van der Waals surface area contributed by atoms with Crippen molar-refractivity contribution in [2.45, 2.75) is 59.5 Å². The van der Waals surface area contributed by atoms with E-state index in [-0.39, 0.29) is 18.1 Å². The molecule has 1 aliphatic rings. The van der Waals surface area contributed by atoms with Gasteiger partial charge in [0.25, 0.3) is 5.56 Å². The van der Waals surface area contributed by atoms with Crippen molar-refractivity contribution in [3.63, 3.8) is 0 Å². The lowest BCUT2D eigenvalue weighted by Crippen LogP contribution is -2.24. The lowest BCUT2D eigenvalue weighted by Gasteiger charge is -2.26. The predicted octanol–water partition coefficient (Wildman–Crippen LogP) is 5.33. The summed E-state index contributed by atoms with van der Waals surface area (Å²) < 4.78 is 19.5. The molecule has 1 heterocycles. The highest BCUT2D eigenvalue weighted by atomic mass is 19.1. The summed E-state index contributed by atoms with van der Waals surface area (Å²) in [6.45, 7) is 8.00. The van der Waals surface area contributed by atoms with Gasteiger partial charge in [0.05, 0.1) is 22.7 Å². The van der Waals surface area contributed by atoms with Gasteiger partial charge in [0.1, 0.15) is 11.6 Å². The topological polar surface area (TPSA) is 92.3 Å². The monoisotopic (exact) mass is 428 g/mol. The summed E-state index contributed by atoms with van der Waals surface area (Å²) >= 11 is 0. The number of aromatic amines is 1. The van der Waals surface area contributed by atoms with Gasteiger partial charge in [0.2, 0.25) is 0 Å². The number of hydrogen-bond acceptors (Lipinski definition) is 4. The van der Waals surface area contributed by atoms with Crippen LogP contribution in [0.3, 0.4) is 0 Å². The fraction of sp³-hybridized carbons (Fsp3) is 0.375. The second-order valence-corrected chi connectivity index (χ2v) is 6.67. The number of halogens is 1. The molecule has 6 nitrogen and oxygen atoms in total. The zero-order chi connectivity index (χ0) is 23.0. The average molecular weight is 429 g/mol. The number of fused-ring (bicyclic) bond motifs is 1. The Morgan fingerprint density at radius 3 is 2.45 bits per heavy atom. The first-order valence-electron chi connectivity index (χ1n) is 10.7. The van der Waals surface area contributed by atoms with E-state index in [2.05, 4.69) is 10.2 Å².